The predicted molar refractivity (Wildman–Crippen MR) is 102 cm³/mol. The lowest BCUT2D eigenvalue weighted by molar-refractivity contribution is 0.324. The minimum atomic E-state index is -0.0903. The molecule has 132 valence electrons. The maximum Gasteiger partial charge on any atom is 0.274 e. The average molecular weight is 368 g/mol. The number of hydrogen-bond acceptors (Lipinski definition) is 6. The van der Waals surface area contributed by atoms with Crippen molar-refractivity contribution in [3.63, 3.8) is 0 Å². The number of imidazole rings is 1. The summed E-state index contributed by atoms with van der Waals surface area (Å²) in [6.07, 6.45) is 1.81. The summed E-state index contributed by atoms with van der Waals surface area (Å²) in [6, 6.07) is 11.2. The summed E-state index contributed by atoms with van der Waals surface area (Å²) < 4.78 is 18.3. The number of benzene rings is 2. The number of hydrogen-bond donors (Lipinski definition) is 0. The van der Waals surface area contributed by atoms with Crippen molar-refractivity contribution in [3.05, 3.63) is 56.8 Å². The van der Waals surface area contributed by atoms with E-state index in [1.165, 1.54) is 11.3 Å². The Morgan fingerprint density at radius 2 is 1.73 bits per heavy atom. The van der Waals surface area contributed by atoms with Crippen LogP contribution in [0.2, 0.25) is 0 Å². The summed E-state index contributed by atoms with van der Waals surface area (Å²) in [5.74, 6) is 1.59. The molecule has 0 aliphatic rings. The summed E-state index contributed by atoms with van der Waals surface area (Å²) in [6.45, 7) is 0. The quantitative estimate of drug-likeness (QED) is 0.554. The van der Waals surface area contributed by atoms with Crippen LogP contribution in [0.15, 0.2) is 41.2 Å². The van der Waals surface area contributed by atoms with E-state index in [1.807, 2.05) is 24.3 Å². The van der Waals surface area contributed by atoms with Crippen molar-refractivity contribution in [2.24, 2.45) is 0 Å². The Labute approximate surface area is 152 Å². The van der Waals surface area contributed by atoms with Crippen molar-refractivity contribution in [1.29, 1.82) is 0 Å². The normalized spacial score (nSPS) is 12.0. The second-order valence-electron chi connectivity index (χ2n) is 5.59. The number of aromatic nitrogens is 2. The van der Waals surface area contributed by atoms with Gasteiger partial charge in [-0.1, -0.05) is 23.5 Å². The summed E-state index contributed by atoms with van der Waals surface area (Å²) in [5, 5.41) is 0. The van der Waals surface area contributed by atoms with Gasteiger partial charge in [-0.3, -0.25) is 4.79 Å². The zero-order valence-corrected chi connectivity index (χ0v) is 15.3. The average Bonchev–Trinajstić information content (AvgIpc) is 3.17. The molecule has 0 saturated heterocycles. The molecular weight excluding hydrogens is 352 g/mol. The van der Waals surface area contributed by atoms with E-state index < -0.39 is 0 Å². The van der Waals surface area contributed by atoms with E-state index in [9.17, 15) is 4.79 Å². The van der Waals surface area contributed by atoms with E-state index in [2.05, 4.69) is 4.98 Å². The van der Waals surface area contributed by atoms with E-state index in [4.69, 9.17) is 14.2 Å². The molecule has 26 heavy (non-hydrogen) atoms. The molecule has 2 aromatic carbocycles. The van der Waals surface area contributed by atoms with E-state index in [0.29, 0.717) is 26.7 Å². The van der Waals surface area contributed by atoms with Crippen LogP contribution in [0.25, 0.3) is 22.1 Å². The Hall–Kier alpha value is -3.06. The van der Waals surface area contributed by atoms with Crippen LogP contribution in [0.1, 0.15) is 5.56 Å². The second-order valence-corrected chi connectivity index (χ2v) is 6.60. The number of rotatable bonds is 4. The molecule has 0 bridgehead atoms. The maximum atomic E-state index is 12.9. The van der Waals surface area contributed by atoms with Crippen LogP contribution in [0.3, 0.4) is 0 Å². The van der Waals surface area contributed by atoms with Gasteiger partial charge in [0.2, 0.25) is 5.75 Å². The first kappa shape index (κ1) is 16.4. The standard InChI is InChI=1S/C19H16N2O4S/c1-23-14-8-11(9-15(24-2)17(14)25-3)10-16-18(22)21-13-7-5-4-6-12(13)20-19(21)26-16/h4-10H,1-3H3/b16-10-. The largest absolute Gasteiger partial charge is 0.493 e. The molecule has 0 aliphatic carbocycles. The topological polar surface area (TPSA) is 62.1 Å². The fourth-order valence-electron chi connectivity index (χ4n) is 2.95. The number of thiazole rings is 1. The molecule has 2 heterocycles. The van der Waals surface area contributed by atoms with Crippen LogP contribution < -0.4 is 24.3 Å². The zero-order valence-electron chi connectivity index (χ0n) is 14.5. The van der Waals surface area contributed by atoms with Crippen LogP contribution in [0.5, 0.6) is 17.2 Å². The first-order valence-corrected chi connectivity index (χ1v) is 8.69. The Morgan fingerprint density at radius 1 is 1.04 bits per heavy atom. The summed E-state index contributed by atoms with van der Waals surface area (Å²) >= 11 is 1.35. The SMILES string of the molecule is COc1cc(/C=c2\sc3nc4ccccc4n3c2=O)cc(OC)c1OC. The molecule has 0 unspecified atom stereocenters. The van der Waals surface area contributed by atoms with Gasteiger partial charge in [0.05, 0.1) is 36.9 Å². The van der Waals surface area contributed by atoms with E-state index >= 15 is 0 Å². The highest BCUT2D eigenvalue weighted by atomic mass is 32.1. The number of para-hydroxylation sites is 2. The van der Waals surface area contributed by atoms with Gasteiger partial charge in [-0.05, 0) is 35.9 Å². The maximum absolute atomic E-state index is 12.9. The first-order chi connectivity index (χ1) is 12.7. The molecule has 6 nitrogen and oxygen atoms in total. The van der Waals surface area contributed by atoms with Gasteiger partial charge in [0, 0.05) is 0 Å². The van der Waals surface area contributed by atoms with Gasteiger partial charge in [-0.25, -0.2) is 9.38 Å². The molecule has 0 N–H and O–H groups in total. The van der Waals surface area contributed by atoms with E-state index in [0.717, 1.165) is 16.6 Å². The van der Waals surface area contributed by atoms with Gasteiger partial charge in [0.15, 0.2) is 16.5 Å². The molecule has 0 amide bonds. The van der Waals surface area contributed by atoms with Crippen LogP contribution in [0.4, 0.5) is 0 Å². The van der Waals surface area contributed by atoms with E-state index in [-0.39, 0.29) is 5.56 Å². The first-order valence-electron chi connectivity index (χ1n) is 7.88. The minimum Gasteiger partial charge on any atom is -0.493 e. The van der Waals surface area contributed by atoms with Crippen LogP contribution >= 0.6 is 11.3 Å². The third kappa shape index (κ3) is 2.48. The fraction of sp³-hybridized carbons (Fsp3) is 0.158. The summed E-state index contributed by atoms with van der Waals surface area (Å²) in [5.41, 5.74) is 2.32. The third-order valence-corrected chi connectivity index (χ3v) is 5.10. The molecule has 2 aromatic heterocycles. The van der Waals surface area contributed by atoms with Crippen molar-refractivity contribution in [3.8, 4) is 17.2 Å². The highest BCUT2D eigenvalue weighted by molar-refractivity contribution is 7.15. The van der Waals surface area contributed by atoms with Gasteiger partial charge < -0.3 is 14.2 Å². The number of ether oxygens (including phenoxy) is 3. The molecule has 0 atom stereocenters. The molecule has 7 heteroatoms. The van der Waals surface area contributed by atoms with Gasteiger partial charge in [0.25, 0.3) is 5.56 Å². The molecule has 4 aromatic rings. The molecule has 4 rings (SSSR count). The van der Waals surface area contributed by atoms with Gasteiger partial charge in [0.1, 0.15) is 0 Å². The monoisotopic (exact) mass is 368 g/mol. The van der Waals surface area contributed by atoms with Crippen molar-refractivity contribution >= 4 is 33.4 Å². The molecule has 0 fully saturated rings. The smallest absolute Gasteiger partial charge is 0.274 e. The number of nitrogens with zero attached hydrogens (tertiary/aromatic N) is 2. The van der Waals surface area contributed by atoms with Gasteiger partial charge in [-0.2, -0.15) is 0 Å². The lowest BCUT2D eigenvalue weighted by Crippen LogP contribution is -2.22. The highest BCUT2D eigenvalue weighted by Crippen LogP contribution is 2.38. The zero-order chi connectivity index (χ0) is 18.3. The Morgan fingerprint density at radius 3 is 2.38 bits per heavy atom. The van der Waals surface area contributed by atoms with E-state index in [1.54, 1.807) is 43.9 Å². The number of methoxy groups -OCH3 is 3. The fourth-order valence-corrected chi connectivity index (χ4v) is 3.93. The summed E-state index contributed by atoms with van der Waals surface area (Å²) in [7, 11) is 4.68. The summed E-state index contributed by atoms with van der Waals surface area (Å²) in [4.78, 5) is 18.1. The van der Waals surface area contributed by atoms with Gasteiger partial charge in [-0.15, -0.1) is 0 Å². The molecule has 0 spiro atoms. The second kappa shape index (κ2) is 6.34. The number of fused-ring (bicyclic) bond motifs is 3. The van der Waals surface area contributed by atoms with Crippen molar-refractivity contribution in [1.82, 2.24) is 9.38 Å². The minimum absolute atomic E-state index is 0.0903. The van der Waals surface area contributed by atoms with Crippen LogP contribution in [0, 0.1) is 0 Å². The van der Waals surface area contributed by atoms with Gasteiger partial charge >= 0.3 is 0 Å². The molecule has 0 saturated carbocycles. The lowest BCUT2D eigenvalue weighted by atomic mass is 10.1. The highest BCUT2D eigenvalue weighted by Gasteiger charge is 2.14. The Balaban J connectivity index is 1.94. The Bertz CT molecular complexity index is 1200. The lowest BCUT2D eigenvalue weighted by Gasteiger charge is -2.12. The third-order valence-electron chi connectivity index (χ3n) is 4.13. The van der Waals surface area contributed by atoms with Crippen molar-refractivity contribution < 1.29 is 14.2 Å². The molecule has 0 aliphatic heterocycles. The van der Waals surface area contributed by atoms with Crippen LogP contribution in [-0.2, 0) is 0 Å². The van der Waals surface area contributed by atoms with Crippen molar-refractivity contribution in [2.75, 3.05) is 21.3 Å². The van der Waals surface area contributed by atoms with Crippen molar-refractivity contribution in [2.45, 2.75) is 0 Å². The predicted octanol–water partition coefficient (Wildman–Crippen LogP) is 2.48. The molecule has 0 radical (unpaired) electrons. The molecular formula is C19H16N2O4S. The Kier molecular flexibility index (Phi) is 4.00. The van der Waals surface area contributed by atoms with Crippen LogP contribution in [-0.4, -0.2) is 30.7 Å².